The number of halogens is 2. The van der Waals surface area contributed by atoms with Crippen LogP contribution >= 0.6 is 27.5 Å². The Hall–Kier alpha value is -0.850. The maximum Gasteiger partial charge on any atom is 0.312 e. The van der Waals surface area contributed by atoms with Crippen molar-refractivity contribution >= 4 is 33.2 Å². The Kier molecular flexibility index (Phi) is 5.17. The van der Waals surface area contributed by atoms with Crippen molar-refractivity contribution in [2.45, 2.75) is 13.0 Å². The van der Waals surface area contributed by atoms with Gasteiger partial charge in [-0.25, -0.2) is 0 Å². The molecule has 0 radical (unpaired) electrons. The Morgan fingerprint density at radius 3 is 2.82 bits per heavy atom. The van der Waals surface area contributed by atoms with Gasteiger partial charge < -0.3 is 9.84 Å². The summed E-state index contributed by atoms with van der Waals surface area (Å²) in [6, 6.07) is 3.06. The topological polar surface area (TPSA) is 72.6 Å². The average molecular weight is 325 g/mol. The smallest absolute Gasteiger partial charge is 0.312 e. The van der Waals surface area contributed by atoms with E-state index in [9.17, 15) is 15.2 Å². The number of rotatable bonds is 5. The highest BCUT2D eigenvalue weighted by Gasteiger charge is 2.19. The van der Waals surface area contributed by atoms with Crippen LogP contribution in [0.2, 0.25) is 0 Å². The molecular weight excluding hydrogens is 313 g/mol. The molecule has 17 heavy (non-hydrogen) atoms. The van der Waals surface area contributed by atoms with Crippen molar-refractivity contribution in [1.29, 1.82) is 0 Å². The van der Waals surface area contributed by atoms with E-state index in [0.717, 1.165) is 0 Å². The number of aryl methyl sites for hydroxylation is 1. The van der Waals surface area contributed by atoms with Crippen LogP contribution in [0.4, 0.5) is 5.69 Å². The van der Waals surface area contributed by atoms with Gasteiger partial charge in [-0.1, -0.05) is 15.9 Å². The molecule has 1 unspecified atom stereocenters. The molecule has 7 heteroatoms. The van der Waals surface area contributed by atoms with E-state index >= 15 is 0 Å². The van der Waals surface area contributed by atoms with E-state index in [1.54, 1.807) is 13.0 Å². The molecule has 0 amide bonds. The first-order chi connectivity index (χ1) is 7.95. The molecule has 5 nitrogen and oxygen atoms in total. The summed E-state index contributed by atoms with van der Waals surface area (Å²) in [5, 5.41) is 20.1. The summed E-state index contributed by atoms with van der Waals surface area (Å²) < 4.78 is 5.84. The summed E-state index contributed by atoms with van der Waals surface area (Å²) in [6.07, 6.45) is -0.848. The molecule has 0 saturated carbocycles. The second-order valence-electron chi connectivity index (χ2n) is 3.45. The van der Waals surface area contributed by atoms with Crippen LogP contribution in [0.3, 0.4) is 0 Å². The Balaban J connectivity index is 3.00. The molecule has 1 aromatic rings. The summed E-state index contributed by atoms with van der Waals surface area (Å²) in [7, 11) is 0. The van der Waals surface area contributed by atoms with Crippen LogP contribution in [-0.2, 0) is 0 Å². The molecule has 1 N–H and O–H groups in total. The number of nitro benzene ring substituents is 1. The van der Waals surface area contributed by atoms with Gasteiger partial charge in [0.2, 0.25) is 0 Å². The zero-order valence-corrected chi connectivity index (χ0v) is 11.4. The zero-order valence-electron chi connectivity index (χ0n) is 9.02. The Morgan fingerprint density at radius 2 is 2.29 bits per heavy atom. The van der Waals surface area contributed by atoms with Gasteiger partial charge in [0.05, 0.1) is 10.8 Å². The van der Waals surface area contributed by atoms with E-state index in [1.165, 1.54) is 6.07 Å². The lowest BCUT2D eigenvalue weighted by molar-refractivity contribution is -0.386. The lowest BCUT2D eigenvalue weighted by atomic mass is 10.2. The third-order valence-electron chi connectivity index (χ3n) is 2.01. The van der Waals surface area contributed by atoms with Crippen molar-refractivity contribution in [3.8, 4) is 5.75 Å². The zero-order chi connectivity index (χ0) is 13.0. The van der Waals surface area contributed by atoms with E-state index < -0.39 is 11.0 Å². The van der Waals surface area contributed by atoms with Crippen LogP contribution in [0.5, 0.6) is 5.75 Å². The molecule has 1 aromatic carbocycles. The van der Waals surface area contributed by atoms with Crippen LogP contribution in [0, 0.1) is 17.0 Å². The van der Waals surface area contributed by atoms with E-state index in [2.05, 4.69) is 15.9 Å². The Morgan fingerprint density at radius 1 is 1.65 bits per heavy atom. The average Bonchev–Trinajstić information content (AvgIpc) is 2.26. The number of ether oxygens (including phenoxy) is 1. The van der Waals surface area contributed by atoms with Crippen molar-refractivity contribution in [2.24, 2.45) is 0 Å². The highest BCUT2D eigenvalue weighted by atomic mass is 79.9. The number of alkyl halides is 1. The van der Waals surface area contributed by atoms with E-state index in [-0.39, 0.29) is 23.9 Å². The molecule has 1 rings (SSSR count). The van der Waals surface area contributed by atoms with Crippen molar-refractivity contribution in [1.82, 2.24) is 0 Å². The summed E-state index contributed by atoms with van der Waals surface area (Å²) in [5.41, 5.74) is 0.478. The molecule has 0 spiro atoms. The number of aliphatic hydroxyl groups is 1. The van der Waals surface area contributed by atoms with Gasteiger partial charge >= 0.3 is 5.69 Å². The highest BCUT2D eigenvalue weighted by molar-refractivity contribution is 9.10. The molecule has 1 atom stereocenters. The minimum atomic E-state index is -0.848. The standard InChI is InChI=1S/C10H11BrClNO4/c1-6-2-7(11)3-9(13(15)16)10(6)17-5-8(14)4-12/h2-3,8,14H,4-5H2,1H3. The second kappa shape index (κ2) is 6.18. The number of nitrogens with zero attached hydrogens (tertiary/aromatic N) is 1. The first kappa shape index (κ1) is 14.2. The minimum absolute atomic E-state index is 0.0172. The summed E-state index contributed by atoms with van der Waals surface area (Å²) in [5.74, 6) is 0.172. The SMILES string of the molecule is Cc1cc(Br)cc([N+](=O)[O-])c1OCC(O)CCl. The fraction of sp³-hybridized carbons (Fsp3) is 0.400. The number of nitro groups is 1. The van der Waals surface area contributed by atoms with Crippen molar-refractivity contribution < 1.29 is 14.8 Å². The molecular formula is C10H11BrClNO4. The van der Waals surface area contributed by atoms with Gasteiger partial charge in [0.15, 0.2) is 5.75 Å². The molecule has 0 fully saturated rings. The molecule has 0 aliphatic rings. The maximum absolute atomic E-state index is 10.9. The summed E-state index contributed by atoms with van der Waals surface area (Å²) in [4.78, 5) is 10.3. The van der Waals surface area contributed by atoms with Gasteiger partial charge in [-0.3, -0.25) is 10.1 Å². The quantitative estimate of drug-likeness (QED) is 0.513. The second-order valence-corrected chi connectivity index (χ2v) is 4.67. The molecule has 0 aromatic heterocycles. The highest BCUT2D eigenvalue weighted by Crippen LogP contribution is 2.34. The molecule has 0 saturated heterocycles. The summed E-state index contributed by atoms with van der Waals surface area (Å²) in [6.45, 7) is 1.62. The van der Waals surface area contributed by atoms with Crippen LogP contribution in [-0.4, -0.2) is 28.6 Å². The number of benzene rings is 1. The fourth-order valence-electron chi connectivity index (χ4n) is 1.26. The van der Waals surface area contributed by atoms with Crippen LogP contribution < -0.4 is 4.74 Å². The van der Waals surface area contributed by atoms with Crippen LogP contribution in [0.25, 0.3) is 0 Å². The predicted molar refractivity (Wildman–Crippen MR) is 67.8 cm³/mol. The van der Waals surface area contributed by atoms with E-state index in [1.807, 2.05) is 0 Å². The molecule has 0 bridgehead atoms. The fourth-order valence-corrected chi connectivity index (χ4v) is 1.91. The Labute approximate surface area is 112 Å². The number of hydrogen-bond donors (Lipinski definition) is 1. The lowest BCUT2D eigenvalue weighted by Crippen LogP contribution is -2.19. The van der Waals surface area contributed by atoms with Gasteiger partial charge in [-0.15, -0.1) is 11.6 Å². The predicted octanol–water partition coefficient (Wildman–Crippen LogP) is 2.64. The first-order valence-corrected chi connectivity index (χ1v) is 6.09. The lowest BCUT2D eigenvalue weighted by Gasteiger charge is -2.12. The van der Waals surface area contributed by atoms with Gasteiger partial charge in [0.1, 0.15) is 12.7 Å². The van der Waals surface area contributed by atoms with E-state index in [0.29, 0.717) is 10.0 Å². The van der Waals surface area contributed by atoms with Gasteiger partial charge in [-0.2, -0.15) is 0 Å². The normalized spacial score (nSPS) is 12.2. The van der Waals surface area contributed by atoms with Crippen molar-refractivity contribution in [2.75, 3.05) is 12.5 Å². The molecule has 94 valence electrons. The molecule has 0 aliphatic heterocycles. The maximum atomic E-state index is 10.9. The van der Waals surface area contributed by atoms with Crippen molar-refractivity contribution in [3.05, 3.63) is 32.3 Å². The van der Waals surface area contributed by atoms with Gasteiger partial charge in [-0.05, 0) is 18.6 Å². The summed E-state index contributed by atoms with van der Waals surface area (Å²) >= 11 is 8.59. The number of hydrogen-bond acceptors (Lipinski definition) is 4. The van der Waals surface area contributed by atoms with Crippen LogP contribution in [0.15, 0.2) is 16.6 Å². The Bertz CT molecular complexity index is 427. The third kappa shape index (κ3) is 3.83. The largest absolute Gasteiger partial charge is 0.484 e. The molecule has 0 heterocycles. The first-order valence-electron chi connectivity index (χ1n) is 4.77. The van der Waals surface area contributed by atoms with Gasteiger partial charge in [0, 0.05) is 10.5 Å². The van der Waals surface area contributed by atoms with Gasteiger partial charge in [0.25, 0.3) is 0 Å². The number of aliphatic hydroxyl groups excluding tert-OH is 1. The van der Waals surface area contributed by atoms with Crippen molar-refractivity contribution in [3.63, 3.8) is 0 Å². The third-order valence-corrected chi connectivity index (χ3v) is 2.83. The molecule has 0 aliphatic carbocycles. The van der Waals surface area contributed by atoms with Crippen LogP contribution in [0.1, 0.15) is 5.56 Å². The van der Waals surface area contributed by atoms with E-state index in [4.69, 9.17) is 16.3 Å². The minimum Gasteiger partial charge on any atom is -0.484 e. The monoisotopic (exact) mass is 323 g/mol.